The molecule has 3 nitrogen and oxygen atoms in total. The molecular formula is C43H36IrN3-3. The molecule has 2 aliphatic rings. The molecule has 5 aromatic rings. The van der Waals surface area contributed by atoms with E-state index in [9.17, 15) is 0 Å². The van der Waals surface area contributed by atoms with Crippen molar-refractivity contribution >= 4 is 5.71 Å². The summed E-state index contributed by atoms with van der Waals surface area (Å²) in [7, 11) is 3.99. The number of aryl methyl sites for hydroxylation is 1. The van der Waals surface area contributed by atoms with Crippen molar-refractivity contribution in [1.29, 1.82) is 0 Å². The van der Waals surface area contributed by atoms with E-state index in [4.69, 9.17) is 0 Å². The molecule has 0 unspecified atom stereocenters. The van der Waals surface area contributed by atoms with Gasteiger partial charge in [0, 0.05) is 44.6 Å². The Kier molecular flexibility index (Phi) is 13.8. The maximum atomic E-state index is 4.69. The van der Waals surface area contributed by atoms with Crippen LogP contribution in [0.1, 0.15) is 18.5 Å². The van der Waals surface area contributed by atoms with Crippen molar-refractivity contribution in [2.75, 3.05) is 0 Å². The van der Waals surface area contributed by atoms with Gasteiger partial charge in [-0.15, -0.1) is 83.4 Å². The van der Waals surface area contributed by atoms with Crippen molar-refractivity contribution in [3.63, 3.8) is 0 Å². The Balaban J connectivity index is 0.000000162. The molecule has 0 atom stereocenters. The molecule has 4 heteroatoms. The summed E-state index contributed by atoms with van der Waals surface area (Å²) < 4.78 is 1.89. The van der Waals surface area contributed by atoms with Crippen molar-refractivity contribution < 1.29 is 24.7 Å². The van der Waals surface area contributed by atoms with Crippen molar-refractivity contribution in [3.8, 4) is 33.6 Å². The van der Waals surface area contributed by atoms with E-state index in [1.165, 1.54) is 11.1 Å². The molecule has 47 heavy (non-hydrogen) atoms. The maximum absolute atomic E-state index is 4.69. The van der Waals surface area contributed by atoms with Crippen molar-refractivity contribution in [1.82, 2.24) is 9.97 Å². The summed E-state index contributed by atoms with van der Waals surface area (Å²) in [5.41, 5.74) is 9.65. The largest absolute Gasteiger partial charge is 0.335 e. The summed E-state index contributed by atoms with van der Waals surface area (Å²) in [6.45, 7) is 2.05. The SMILES string of the molecule is Cc1nc(-c2[c-]cccc2)ccc1-c1ccccc1.[CH2-][N+]1=C(C2=[C-]CC=CC=C2)C=CCC=C1.[Ir].[c-]1ccccc1-c1ccccn1. The fraction of sp³-hybridized carbons (Fsp3) is 0.0698. The first kappa shape index (κ1) is 34.7. The van der Waals surface area contributed by atoms with Crippen LogP contribution in [-0.2, 0) is 20.1 Å². The molecule has 0 amide bonds. The molecule has 0 bridgehead atoms. The summed E-state index contributed by atoms with van der Waals surface area (Å²) in [4.78, 5) is 8.91. The quantitative estimate of drug-likeness (QED) is 0.134. The standard InChI is InChI=1S/C18H14N.C14H14N.C11H8N.Ir/c1-14-17(15-8-4-2-5-9-15)12-13-18(19-14)16-10-6-3-7-11-16;1-15-12-8-4-7-11-14(15)13-9-5-2-3-6-10-13;1-2-6-10(7-3-1)11-8-4-5-9-12-11;/h2-10,12-13H,1H3;2-3,5,7-9,11-12H,1,4,6H2;1-6,8-9H;/q3*-1;. The summed E-state index contributed by atoms with van der Waals surface area (Å²) in [6.07, 6.45) is 23.5. The van der Waals surface area contributed by atoms with E-state index in [0.29, 0.717) is 0 Å². The third-order valence-electron chi connectivity index (χ3n) is 7.14. The first-order chi connectivity index (χ1) is 22.7. The Morgan fingerprint density at radius 2 is 1.43 bits per heavy atom. The van der Waals surface area contributed by atoms with Crippen LogP contribution in [0.25, 0.3) is 33.6 Å². The van der Waals surface area contributed by atoms with Gasteiger partial charge in [0.05, 0.1) is 11.9 Å². The van der Waals surface area contributed by atoms with Gasteiger partial charge in [0.15, 0.2) is 0 Å². The molecule has 1 aliphatic heterocycles. The van der Waals surface area contributed by atoms with Gasteiger partial charge in [0.2, 0.25) is 0 Å². The van der Waals surface area contributed by atoms with Gasteiger partial charge in [-0.3, -0.25) is 0 Å². The molecule has 3 heterocycles. The first-order valence-electron chi connectivity index (χ1n) is 15.3. The number of aromatic nitrogens is 2. The Hall–Kier alpha value is -5.15. The van der Waals surface area contributed by atoms with Gasteiger partial charge in [0.1, 0.15) is 0 Å². The van der Waals surface area contributed by atoms with Crippen LogP contribution < -0.4 is 0 Å². The molecular weight excluding hydrogens is 751 g/mol. The van der Waals surface area contributed by atoms with Gasteiger partial charge in [-0.1, -0.05) is 91.4 Å². The predicted octanol–water partition coefficient (Wildman–Crippen LogP) is 10.0. The normalized spacial score (nSPS) is 13.1. The molecule has 2 aromatic heterocycles. The Bertz CT molecular complexity index is 1830. The van der Waals surface area contributed by atoms with E-state index in [2.05, 4.69) is 96.8 Å². The molecule has 0 spiro atoms. The van der Waals surface area contributed by atoms with Crippen molar-refractivity contribution in [2.45, 2.75) is 19.8 Å². The monoisotopic (exact) mass is 787 g/mol. The van der Waals surface area contributed by atoms with Crippen LogP contribution in [0.15, 0.2) is 170 Å². The smallest absolute Gasteiger partial charge is 0.0865 e. The van der Waals surface area contributed by atoms with Crippen LogP contribution in [0.4, 0.5) is 0 Å². The van der Waals surface area contributed by atoms with E-state index in [0.717, 1.165) is 52.3 Å². The van der Waals surface area contributed by atoms with Gasteiger partial charge < -0.3 is 14.5 Å². The fourth-order valence-electron chi connectivity index (χ4n) is 4.83. The molecule has 0 fully saturated rings. The zero-order chi connectivity index (χ0) is 31.8. The number of rotatable bonds is 4. The number of nitrogens with zero attached hydrogens (tertiary/aromatic N) is 3. The number of benzene rings is 3. The average Bonchev–Trinajstić information content (AvgIpc) is 3.53. The summed E-state index contributed by atoms with van der Waals surface area (Å²) >= 11 is 0. The van der Waals surface area contributed by atoms with Crippen LogP contribution in [0.3, 0.4) is 0 Å². The van der Waals surface area contributed by atoms with Crippen molar-refractivity contribution in [2.24, 2.45) is 0 Å². The maximum Gasteiger partial charge on any atom is 0.0865 e. The Morgan fingerprint density at radius 1 is 0.702 bits per heavy atom. The minimum absolute atomic E-state index is 0. The summed E-state index contributed by atoms with van der Waals surface area (Å²) in [5, 5.41) is 0. The number of hydrogen-bond donors (Lipinski definition) is 0. The number of allylic oxidation sites excluding steroid dienone is 9. The van der Waals surface area contributed by atoms with E-state index < -0.39 is 0 Å². The van der Waals surface area contributed by atoms with Crippen LogP contribution >= 0.6 is 0 Å². The molecule has 7 rings (SSSR count). The van der Waals surface area contributed by atoms with Crippen molar-refractivity contribution in [3.05, 3.63) is 201 Å². The van der Waals surface area contributed by atoms with Crippen LogP contribution in [0, 0.1) is 32.2 Å². The number of pyridine rings is 2. The second-order valence-electron chi connectivity index (χ2n) is 10.4. The minimum Gasteiger partial charge on any atom is -0.335 e. The van der Waals surface area contributed by atoms with Gasteiger partial charge in [-0.25, -0.2) is 0 Å². The first-order valence-corrected chi connectivity index (χ1v) is 15.3. The zero-order valence-electron chi connectivity index (χ0n) is 26.4. The minimum atomic E-state index is 0. The summed E-state index contributed by atoms with van der Waals surface area (Å²) in [6, 6.07) is 42.5. The summed E-state index contributed by atoms with van der Waals surface area (Å²) in [5.74, 6) is 0. The van der Waals surface area contributed by atoms with Gasteiger partial charge >= 0.3 is 0 Å². The van der Waals surface area contributed by atoms with E-state index in [-0.39, 0.29) is 20.1 Å². The third-order valence-corrected chi connectivity index (χ3v) is 7.14. The molecule has 0 saturated carbocycles. The molecule has 3 aromatic carbocycles. The van der Waals surface area contributed by atoms with E-state index >= 15 is 0 Å². The Labute approximate surface area is 293 Å². The molecule has 235 valence electrons. The number of hydrogen-bond acceptors (Lipinski definition) is 2. The molecule has 0 N–H and O–H groups in total. The predicted molar refractivity (Wildman–Crippen MR) is 190 cm³/mol. The Morgan fingerprint density at radius 3 is 2.11 bits per heavy atom. The zero-order valence-corrected chi connectivity index (χ0v) is 28.8. The van der Waals surface area contributed by atoms with E-state index in [1.807, 2.05) is 108 Å². The fourth-order valence-corrected chi connectivity index (χ4v) is 4.83. The van der Waals surface area contributed by atoms with Crippen LogP contribution in [0.5, 0.6) is 0 Å². The second kappa shape index (κ2) is 18.7. The van der Waals surface area contributed by atoms with Crippen LogP contribution in [-0.4, -0.2) is 20.3 Å². The van der Waals surface area contributed by atoms with Gasteiger partial charge in [-0.05, 0) is 36.4 Å². The average molecular weight is 787 g/mol. The third kappa shape index (κ3) is 10.4. The second-order valence-corrected chi connectivity index (χ2v) is 10.4. The van der Waals surface area contributed by atoms with E-state index in [1.54, 1.807) is 6.20 Å². The molecule has 0 saturated heterocycles. The topological polar surface area (TPSA) is 28.8 Å². The van der Waals surface area contributed by atoms with Gasteiger partial charge in [-0.2, -0.15) is 12.2 Å². The molecule has 1 radical (unpaired) electrons. The van der Waals surface area contributed by atoms with Gasteiger partial charge in [0.25, 0.3) is 0 Å². The van der Waals surface area contributed by atoms with Crippen LogP contribution in [0.2, 0.25) is 0 Å². The molecule has 1 aliphatic carbocycles.